The molecule has 3 rings (SSSR count). The monoisotopic (exact) mass is 326 g/mol. The summed E-state index contributed by atoms with van der Waals surface area (Å²) in [5.74, 6) is 0.197. The summed E-state index contributed by atoms with van der Waals surface area (Å²) in [6.45, 7) is 2.79. The van der Waals surface area contributed by atoms with E-state index in [0.29, 0.717) is 23.3 Å². The molecule has 0 spiro atoms. The minimum Gasteiger partial charge on any atom is -0.467 e. The molecule has 0 aliphatic carbocycles. The Morgan fingerprint density at radius 2 is 1.75 bits per heavy atom. The van der Waals surface area contributed by atoms with Crippen LogP contribution in [0.25, 0.3) is 0 Å². The van der Waals surface area contributed by atoms with E-state index < -0.39 is 0 Å². The minimum atomic E-state index is -0.363. The molecule has 1 atom stereocenters. The summed E-state index contributed by atoms with van der Waals surface area (Å²) < 4.78 is 5.72. The number of benzene rings is 1. The Hall–Kier alpha value is -2.40. The van der Waals surface area contributed by atoms with Gasteiger partial charge >= 0.3 is 0 Å². The van der Waals surface area contributed by atoms with Crippen LogP contribution in [-0.2, 0) is 6.54 Å². The Kier molecular flexibility index (Phi) is 4.53. The number of fused-ring (bicyclic) bond motifs is 1. The number of imide groups is 1. The smallest absolute Gasteiger partial charge is 0.262 e. The van der Waals surface area contributed by atoms with E-state index in [4.69, 9.17) is 4.42 Å². The van der Waals surface area contributed by atoms with Crippen LogP contribution in [-0.4, -0.2) is 35.7 Å². The van der Waals surface area contributed by atoms with Crippen molar-refractivity contribution < 1.29 is 14.0 Å². The lowest BCUT2D eigenvalue weighted by Gasteiger charge is -2.24. The second-order valence-electron chi connectivity index (χ2n) is 6.43. The van der Waals surface area contributed by atoms with Gasteiger partial charge in [-0.2, -0.15) is 0 Å². The number of hydrogen-bond donors (Lipinski definition) is 0. The molecule has 126 valence electrons. The molecule has 5 nitrogen and oxygen atoms in total. The Bertz CT molecular complexity index is 728. The highest BCUT2D eigenvalue weighted by atomic mass is 16.3. The maximum Gasteiger partial charge on any atom is 0.262 e. The summed E-state index contributed by atoms with van der Waals surface area (Å²) in [5.41, 5.74) is 1.99. The molecule has 0 saturated carbocycles. The first-order valence-electron chi connectivity index (χ1n) is 8.22. The third kappa shape index (κ3) is 2.87. The molecule has 0 N–H and O–H groups in total. The van der Waals surface area contributed by atoms with Crippen LogP contribution in [0.4, 0.5) is 0 Å². The summed E-state index contributed by atoms with van der Waals surface area (Å²) in [5, 5.41) is 0. The van der Waals surface area contributed by atoms with Crippen molar-refractivity contribution in [2.75, 3.05) is 14.1 Å². The van der Waals surface area contributed by atoms with Crippen LogP contribution in [0.5, 0.6) is 0 Å². The molecule has 0 radical (unpaired) electrons. The van der Waals surface area contributed by atoms with Gasteiger partial charge in [-0.25, -0.2) is 0 Å². The highest BCUT2D eigenvalue weighted by molar-refractivity contribution is 6.21. The predicted molar refractivity (Wildman–Crippen MR) is 90.7 cm³/mol. The standard InChI is InChI=1S/C19H22N2O3/c1-4-7-16(17-10-13(12-24-17)11-20(2)3)21-18(22)14-8-5-6-9-15(14)19(21)23/h5-6,8-10,12,16H,4,7,11H2,1-3H3. The minimum absolute atomic E-state index is 0.236. The molecule has 2 amide bonds. The molecule has 1 aliphatic heterocycles. The first-order chi connectivity index (χ1) is 11.5. The molecule has 0 fully saturated rings. The fourth-order valence-corrected chi connectivity index (χ4v) is 3.18. The van der Waals surface area contributed by atoms with Gasteiger partial charge in [-0.05, 0) is 38.7 Å². The highest BCUT2D eigenvalue weighted by Crippen LogP contribution is 2.34. The summed E-state index contributed by atoms with van der Waals surface area (Å²) in [4.78, 5) is 28.9. The fraction of sp³-hybridized carbons (Fsp3) is 0.368. The Labute approximate surface area is 141 Å². The quantitative estimate of drug-likeness (QED) is 0.763. The van der Waals surface area contributed by atoms with Gasteiger partial charge in [-0.1, -0.05) is 25.5 Å². The zero-order chi connectivity index (χ0) is 17.3. The number of carbonyl (C=O) groups is 2. The molecule has 0 bridgehead atoms. The molecule has 1 unspecified atom stereocenters. The number of hydrogen-bond acceptors (Lipinski definition) is 4. The second kappa shape index (κ2) is 6.61. The number of furan rings is 1. The van der Waals surface area contributed by atoms with Crippen molar-refractivity contribution >= 4 is 11.8 Å². The normalized spacial score (nSPS) is 15.2. The van der Waals surface area contributed by atoms with Gasteiger partial charge in [0.15, 0.2) is 0 Å². The molecule has 2 heterocycles. The van der Waals surface area contributed by atoms with E-state index in [-0.39, 0.29) is 17.9 Å². The molecule has 2 aromatic rings. The molecular formula is C19H22N2O3. The number of carbonyl (C=O) groups excluding carboxylic acids is 2. The van der Waals surface area contributed by atoms with Crippen molar-refractivity contribution in [1.82, 2.24) is 9.80 Å². The lowest BCUT2D eigenvalue weighted by atomic mass is 10.1. The van der Waals surface area contributed by atoms with Crippen LogP contribution in [0.3, 0.4) is 0 Å². The van der Waals surface area contributed by atoms with Crippen LogP contribution in [0.1, 0.15) is 57.8 Å². The van der Waals surface area contributed by atoms with Gasteiger partial charge in [0.1, 0.15) is 5.76 Å². The van der Waals surface area contributed by atoms with Gasteiger partial charge in [0.25, 0.3) is 11.8 Å². The average Bonchev–Trinajstić information content (AvgIpc) is 3.10. The summed E-state index contributed by atoms with van der Waals surface area (Å²) in [6, 6.07) is 8.56. The average molecular weight is 326 g/mol. The zero-order valence-electron chi connectivity index (χ0n) is 14.3. The third-order valence-electron chi connectivity index (χ3n) is 4.20. The van der Waals surface area contributed by atoms with E-state index in [0.717, 1.165) is 18.5 Å². The predicted octanol–water partition coefficient (Wildman–Crippen LogP) is 3.48. The fourth-order valence-electron chi connectivity index (χ4n) is 3.18. The maximum atomic E-state index is 12.7. The molecule has 1 aromatic carbocycles. The molecule has 24 heavy (non-hydrogen) atoms. The van der Waals surface area contributed by atoms with E-state index in [1.165, 1.54) is 4.90 Å². The van der Waals surface area contributed by atoms with Gasteiger partial charge in [-0.15, -0.1) is 0 Å². The Morgan fingerprint density at radius 3 is 2.29 bits per heavy atom. The highest BCUT2D eigenvalue weighted by Gasteiger charge is 2.41. The first kappa shape index (κ1) is 16.5. The SMILES string of the molecule is CCCC(c1cc(CN(C)C)co1)N1C(=O)c2ccccc2C1=O. The third-order valence-corrected chi connectivity index (χ3v) is 4.20. The zero-order valence-corrected chi connectivity index (χ0v) is 14.3. The first-order valence-corrected chi connectivity index (χ1v) is 8.22. The Balaban J connectivity index is 1.93. The van der Waals surface area contributed by atoms with Gasteiger partial charge in [-0.3, -0.25) is 14.5 Å². The molecule has 5 heteroatoms. The van der Waals surface area contributed by atoms with Crippen molar-refractivity contribution in [3.63, 3.8) is 0 Å². The van der Waals surface area contributed by atoms with Gasteiger partial charge in [0, 0.05) is 12.1 Å². The summed E-state index contributed by atoms with van der Waals surface area (Å²) >= 11 is 0. The van der Waals surface area contributed by atoms with E-state index >= 15 is 0 Å². The van der Waals surface area contributed by atoms with Gasteiger partial charge in [0.05, 0.1) is 23.4 Å². The van der Waals surface area contributed by atoms with Crippen molar-refractivity contribution in [2.24, 2.45) is 0 Å². The van der Waals surface area contributed by atoms with Gasteiger partial charge in [0.2, 0.25) is 0 Å². The van der Waals surface area contributed by atoms with Crippen LogP contribution in [0.2, 0.25) is 0 Å². The van der Waals surface area contributed by atoms with Crippen LogP contribution < -0.4 is 0 Å². The van der Waals surface area contributed by atoms with E-state index in [1.54, 1.807) is 30.5 Å². The number of rotatable bonds is 6. The largest absolute Gasteiger partial charge is 0.467 e. The van der Waals surface area contributed by atoms with Crippen LogP contribution >= 0.6 is 0 Å². The van der Waals surface area contributed by atoms with E-state index in [2.05, 4.69) is 0 Å². The van der Waals surface area contributed by atoms with E-state index in [9.17, 15) is 9.59 Å². The molecule has 0 saturated heterocycles. The number of nitrogens with zero attached hydrogens (tertiary/aromatic N) is 2. The Morgan fingerprint density at radius 1 is 1.12 bits per heavy atom. The second-order valence-corrected chi connectivity index (χ2v) is 6.43. The van der Waals surface area contributed by atoms with Crippen molar-refractivity contribution in [1.29, 1.82) is 0 Å². The van der Waals surface area contributed by atoms with E-state index in [1.807, 2.05) is 32.0 Å². The van der Waals surface area contributed by atoms with Crippen LogP contribution in [0.15, 0.2) is 41.0 Å². The summed E-state index contributed by atoms with van der Waals surface area (Å²) in [7, 11) is 3.97. The molecule has 1 aromatic heterocycles. The van der Waals surface area contributed by atoms with Crippen molar-refractivity contribution in [2.45, 2.75) is 32.4 Å². The lowest BCUT2D eigenvalue weighted by Crippen LogP contribution is -2.34. The lowest BCUT2D eigenvalue weighted by molar-refractivity contribution is 0.0553. The molecule has 1 aliphatic rings. The summed E-state index contributed by atoms with van der Waals surface area (Å²) in [6.07, 6.45) is 3.23. The van der Waals surface area contributed by atoms with Crippen molar-refractivity contribution in [3.8, 4) is 0 Å². The van der Waals surface area contributed by atoms with Crippen LogP contribution in [0, 0.1) is 0 Å². The van der Waals surface area contributed by atoms with Crippen molar-refractivity contribution in [3.05, 3.63) is 59.0 Å². The maximum absolute atomic E-state index is 12.7. The topological polar surface area (TPSA) is 53.8 Å². The number of amides is 2. The van der Waals surface area contributed by atoms with Gasteiger partial charge < -0.3 is 9.32 Å². The molecular weight excluding hydrogens is 304 g/mol.